The van der Waals surface area contributed by atoms with Crippen molar-refractivity contribution in [3.8, 4) is 5.69 Å². The van der Waals surface area contributed by atoms with Gasteiger partial charge in [0, 0.05) is 6.04 Å². The van der Waals surface area contributed by atoms with Crippen LogP contribution in [0.25, 0.3) is 5.69 Å². The van der Waals surface area contributed by atoms with Gasteiger partial charge >= 0.3 is 0 Å². The normalized spacial score (nSPS) is 28.7. The first kappa shape index (κ1) is 11.0. The average molecular weight is 254 g/mol. The number of fused-ring (bicyclic) bond motifs is 2. The van der Waals surface area contributed by atoms with Crippen LogP contribution in [-0.4, -0.2) is 20.8 Å². The monoisotopic (exact) mass is 254 g/mol. The minimum absolute atomic E-state index is 0.642. The summed E-state index contributed by atoms with van der Waals surface area (Å²) in [4.78, 5) is 4.03. The lowest BCUT2D eigenvalue weighted by atomic mass is 9.95. The molecule has 4 rings (SSSR count). The van der Waals surface area contributed by atoms with Gasteiger partial charge in [0.15, 0.2) is 0 Å². The standard InChI is InChI=1S/C15H18N4/c1-2-4-15(19-10-16-9-17-19)13(3-1)18-14-8-11-5-6-12(14)7-11/h1-4,9-12,14,18H,5-8H2. The van der Waals surface area contributed by atoms with E-state index >= 15 is 0 Å². The topological polar surface area (TPSA) is 42.7 Å². The van der Waals surface area contributed by atoms with Gasteiger partial charge in [-0.3, -0.25) is 0 Å². The molecule has 1 heterocycles. The third-order valence-corrected chi connectivity index (χ3v) is 4.65. The lowest BCUT2D eigenvalue weighted by Gasteiger charge is -2.25. The first-order valence-corrected chi connectivity index (χ1v) is 7.11. The lowest BCUT2D eigenvalue weighted by Crippen LogP contribution is -2.26. The quantitative estimate of drug-likeness (QED) is 0.915. The third kappa shape index (κ3) is 1.91. The van der Waals surface area contributed by atoms with E-state index < -0.39 is 0 Å². The highest BCUT2D eigenvalue weighted by molar-refractivity contribution is 5.61. The molecule has 1 aromatic carbocycles. The Balaban J connectivity index is 1.61. The average Bonchev–Trinajstić information content (AvgIpc) is 3.17. The van der Waals surface area contributed by atoms with E-state index in [-0.39, 0.29) is 0 Å². The maximum absolute atomic E-state index is 4.24. The van der Waals surface area contributed by atoms with Gasteiger partial charge in [0.05, 0.1) is 11.4 Å². The predicted octanol–water partition coefficient (Wildman–Crippen LogP) is 2.87. The second-order valence-corrected chi connectivity index (χ2v) is 5.78. The molecule has 19 heavy (non-hydrogen) atoms. The maximum atomic E-state index is 4.24. The fraction of sp³-hybridized carbons (Fsp3) is 0.467. The van der Waals surface area contributed by atoms with Gasteiger partial charge in [0.2, 0.25) is 0 Å². The Morgan fingerprint density at radius 1 is 1.16 bits per heavy atom. The number of aromatic nitrogens is 3. The fourth-order valence-corrected chi connectivity index (χ4v) is 3.75. The first-order valence-electron chi connectivity index (χ1n) is 7.11. The zero-order chi connectivity index (χ0) is 12.7. The number of nitrogens with one attached hydrogen (secondary N) is 1. The van der Waals surface area contributed by atoms with E-state index in [1.54, 1.807) is 12.7 Å². The summed E-state index contributed by atoms with van der Waals surface area (Å²) in [5.41, 5.74) is 2.26. The van der Waals surface area contributed by atoms with Crippen LogP contribution in [-0.2, 0) is 0 Å². The van der Waals surface area contributed by atoms with Crippen molar-refractivity contribution in [2.75, 3.05) is 5.32 Å². The summed E-state index contributed by atoms with van der Waals surface area (Å²) in [6.07, 6.45) is 8.91. The molecular weight excluding hydrogens is 236 g/mol. The molecule has 1 N–H and O–H groups in total. The Bertz CT molecular complexity index is 563. The summed E-state index contributed by atoms with van der Waals surface area (Å²) in [5, 5.41) is 7.98. The maximum Gasteiger partial charge on any atom is 0.138 e. The highest BCUT2D eigenvalue weighted by atomic mass is 15.3. The third-order valence-electron chi connectivity index (χ3n) is 4.65. The zero-order valence-corrected chi connectivity index (χ0v) is 10.9. The van der Waals surface area contributed by atoms with Crippen molar-refractivity contribution < 1.29 is 0 Å². The van der Waals surface area contributed by atoms with E-state index in [1.807, 2.05) is 10.7 Å². The molecule has 1 aromatic heterocycles. The van der Waals surface area contributed by atoms with Crippen molar-refractivity contribution in [1.29, 1.82) is 0 Å². The van der Waals surface area contributed by atoms with Crippen LogP contribution in [0.1, 0.15) is 25.7 Å². The molecule has 98 valence electrons. The van der Waals surface area contributed by atoms with Crippen molar-refractivity contribution in [1.82, 2.24) is 14.8 Å². The second-order valence-electron chi connectivity index (χ2n) is 5.78. The Hall–Kier alpha value is -1.84. The first-order chi connectivity index (χ1) is 9.40. The number of para-hydroxylation sites is 2. The largest absolute Gasteiger partial charge is 0.380 e. The van der Waals surface area contributed by atoms with Gasteiger partial charge in [-0.1, -0.05) is 18.6 Å². The summed E-state index contributed by atoms with van der Waals surface area (Å²) >= 11 is 0. The number of hydrogen-bond acceptors (Lipinski definition) is 3. The second kappa shape index (κ2) is 4.37. The molecule has 2 fully saturated rings. The molecule has 0 spiro atoms. The summed E-state index contributed by atoms with van der Waals surface area (Å²) in [7, 11) is 0. The van der Waals surface area contributed by atoms with Gasteiger partial charge < -0.3 is 5.32 Å². The molecule has 0 aliphatic heterocycles. The van der Waals surface area contributed by atoms with Crippen molar-refractivity contribution in [2.24, 2.45) is 11.8 Å². The molecule has 2 bridgehead atoms. The van der Waals surface area contributed by atoms with Crippen LogP contribution >= 0.6 is 0 Å². The molecule has 3 atom stereocenters. The molecule has 2 aliphatic rings. The molecule has 3 unspecified atom stereocenters. The minimum Gasteiger partial charge on any atom is -0.380 e. The van der Waals surface area contributed by atoms with Gasteiger partial charge in [-0.05, 0) is 43.2 Å². The van der Waals surface area contributed by atoms with Crippen LogP contribution in [0.2, 0.25) is 0 Å². The van der Waals surface area contributed by atoms with Gasteiger partial charge in [-0.2, -0.15) is 5.10 Å². The molecule has 0 saturated heterocycles. The van der Waals surface area contributed by atoms with Crippen LogP contribution in [0.15, 0.2) is 36.9 Å². The van der Waals surface area contributed by atoms with Crippen LogP contribution in [0, 0.1) is 11.8 Å². The van der Waals surface area contributed by atoms with Gasteiger partial charge in [0.1, 0.15) is 12.7 Å². The predicted molar refractivity (Wildman–Crippen MR) is 74.2 cm³/mol. The van der Waals surface area contributed by atoms with E-state index in [1.165, 1.54) is 31.4 Å². The van der Waals surface area contributed by atoms with E-state index in [9.17, 15) is 0 Å². The molecule has 4 nitrogen and oxygen atoms in total. The zero-order valence-electron chi connectivity index (χ0n) is 10.9. The van der Waals surface area contributed by atoms with Crippen molar-refractivity contribution in [2.45, 2.75) is 31.7 Å². The lowest BCUT2D eigenvalue weighted by molar-refractivity contribution is 0.439. The SMILES string of the molecule is c1ccc(-n2cncn2)c(NC2CC3CCC2C3)c1. The van der Waals surface area contributed by atoms with E-state index in [4.69, 9.17) is 0 Å². The Morgan fingerprint density at radius 2 is 2.11 bits per heavy atom. The molecule has 4 heteroatoms. The number of anilines is 1. The van der Waals surface area contributed by atoms with Crippen LogP contribution in [0.5, 0.6) is 0 Å². The minimum atomic E-state index is 0.642. The molecule has 0 amide bonds. The highest BCUT2D eigenvalue weighted by Crippen LogP contribution is 2.45. The summed E-state index contributed by atoms with van der Waals surface area (Å²) in [6.45, 7) is 0. The van der Waals surface area contributed by atoms with Crippen LogP contribution in [0.4, 0.5) is 5.69 Å². The van der Waals surface area contributed by atoms with Crippen LogP contribution in [0.3, 0.4) is 0 Å². The number of hydrogen-bond donors (Lipinski definition) is 1. The summed E-state index contributed by atoms with van der Waals surface area (Å²) in [5.74, 6) is 1.83. The molecule has 2 aliphatic carbocycles. The van der Waals surface area contributed by atoms with E-state index in [2.05, 4.69) is 33.6 Å². The number of benzene rings is 1. The Kier molecular flexibility index (Phi) is 2.53. The van der Waals surface area contributed by atoms with Gasteiger partial charge in [-0.15, -0.1) is 0 Å². The fourth-order valence-electron chi connectivity index (χ4n) is 3.75. The highest BCUT2D eigenvalue weighted by Gasteiger charge is 2.39. The number of rotatable bonds is 3. The smallest absolute Gasteiger partial charge is 0.138 e. The van der Waals surface area contributed by atoms with E-state index in [0.717, 1.165) is 17.5 Å². The molecule has 2 saturated carbocycles. The van der Waals surface area contributed by atoms with Gasteiger partial charge in [-0.25, -0.2) is 9.67 Å². The van der Waals surface area contributed by atoms with Crippen molar-refractivity contribution in [3.63, 3.8) is 0 Å². The van der Waals surface area contributed by atoms with Gasteiger partial charge in [0.25, 0.3) is 0 Å². The summed E-state index contributed by atoms with van der Waals surface area (Å²) in [6, 6.07) is 9.00. The van der Waals surface area contributed by atoms with E-state index in [0.29, 0.717) is 6.04 Å². The number of nitrogens with zero attached hydrogens (tertiary/aromatic N) is 3. The van der Waals surface area contributed by atoms with Crippen LogP contribution < -0.4 is 5.32 Å². The molecule has 0 radical (unpaired) electrons. The summed E-state index contributed by atoms with van der Waals surface area (Å²) < 4.78 is 1.83. The molecular formula is C15H18N4. The van der Waals surface area contributed by atoms with Crippen molar-refractivity contribution in [3.05, 3.63) is 36.9 Å². The Labute approximate surface area is 112 Å². The van der Waals surface area contributed by atoms with Crippen molar-refractivity contribution >= 4 is 5.69 Å². The molecule has 2 aromatic rings. The Morgan fingerprint density at radius 3 is 2.84 bits per heavy atom.